The van der Waals surface area contributed by atoms with Crippen LogP contribution in [-0.2, 0) is 6.54 Å². The van der Waals surface area contributed by atoms with Gasteiger partial charge in [-0.1, -0.05) is 6.07 Å². The largest absolute Gasteiger partial charge is 0.492 e. The van der Waals surface area contributed by atoms with E-state index in [9.17, 15) is 0 Å². The Morgan fingerprint density at radius 2 is 2.17 bits per heavy atom. The van der Waals surface area contributed by atoms with Gasteiger partial charge in [0.05, 0.1) is 23.8 Å². The van der Waals surface area contributed by atoms with Crippen LogP contribution in [0.25, 0.3) is 0 Å². The van der Waals surface area contributed by atoms with Crippen molar-refractivity contribution in [2.75, 3.05) is 11.9 Å². The topological polar surface area (TPSA) is 34.1 Å². The Morgan fingerprint density at radius 1 is 1.33 bits per heavy atom. The van der Waals surface area contributed by atoms with E-state index in [0.29, 0.717) is 6.61 Å². The molecular weight excluding hydrogens is 244 g/mol. The molecule has 1 aromatic heterocycles. The predicted octanol–water partition coefficient (Wildman–Crippen LogP) is 3.77. The van der Waals surface area contributed by atoms with Gasteiger partial charge < -0.3 is 10.1 Å². The van der Waals surface area contributed by atoms with Crippen molar-refractivity contribution in [2.24, 2.45) is 0 Å². The van der Waals surface area contributed by atoms with E-state index in [1.165, 1.54) is 10.4 Å². The molecule has 4 heteroatoms. The van der Waals surface area contributed by atoms with Gasteiger partial charge in [-0.2, -0.15) is 0 Å². The fourth-order valence-corrected chi connectivity index (χ4v) is 2.45. The fourth-order valence-electron chi connectivity index (χ4n) is 1.72. The van der Waals surface area contributed by atoms with Gasteiger partial charge in [-0.15, -0.1) is 11.3 Å². The molecule has 0 saturated carbocycles. The van der Waals surface area contributed by atoms with E-state index >= 15 is 0 Å². The Kier molecular flexibility index (Phi) is 4.20. The average molecular weight is 262 g/mol. The van der Waals surface area contributed by atoms with Crippen molar-refractivity contribution in [1.82, 2.24) is 4.98 Å². The van der Waals surface area contributed by atoms with Crippen LogP contribution in [0.4, 0.5) is 5.69 Å². The molecule has 1 N–H and O–H groups in total. The van der Waals surface area contributed by atoms with Crippen molar-refractivity contribution >= 4 is 17.0 Å². The molecule has 0 spiro atoms. The van der Waals surface area contributed by atoms with Crippen LogP contribution in [0.5, 0.6) is 5.75 Å². The molecule has 2 aromatic rings. The Labute approximate surface area is 112 Å². The lowest BCUT2D eigenvalue weighted by Gasteiger charge is -2.12. The third-order valence-corrected chi connectivity index (χ3v) is 3.47. The van der Waals surface area contributed by atoms with Crippen LogP contribution in [0.3, 0.4) is 0 Å². The van der Waals surface area contributed by atoms with E-state index in [4.69, 9.17) is 4.74 Å². The summed E-state index contributed by atoms with van der Waals surface area (Å²) in [4.78, 5) is 5.48. The van der Waals surface area contributed by atoms with E-state index < -0.39 is 0 Å². The molecule has 18 heavy (non-hydrogen) atoms. The van der Waals surface area contributed by atoms with Crippen LogP contribution in [0.15, 0.2) is 24.4 Å². The van der Waals surface area contributed by atoms with Crippen LogP contribution in [0.1, 0.15) is 22.4 Å². The van der Waals surface area contributed by atoms with Gasteiger partial charge in [-0.25, -0.2) is 4.98 Å². The van der Waals surface area contributed by atoms with Crippen molar-refractivity contribution in [2.45, 2.75) is 27.3 Å². The second-order valence-corrected chi connectivity index (χ2v) is 5.45. The van der Waals surface area contributed by atoms with Gasteiger partial charge >= 0.3 is 0 Å². The van der Waals surface area contributed by atoms with Gasteiger partial charge in [0.15, 0.2) is 0 Å². The molecular formula is C14H18N2OS. The summed E-state index contributed by atoms with van der Waals surface area (Å²) in [7, 11) is 0. The molecule has 0 aliphatic rings. The fraction of sp³-hybridized carbons (Fsp3) is 0.357. The molecule has 0 radical (unpaired) electrons. The highest BCUT2D eigenvalue weighted by Gasteiger charge is 2.04. The van der Waals surface area contributed by atoms with Crippen LogP contribution >= 0.6 is 11.3 Å². The number of aromatic nitrogens is 1. The summed E-state index contributed by atoms with van der Waals surface area (Å²) in [5.41, 5.74) is 2.24. The lowest BCUT2D eigenvalue weighted by atomic mass is 10.2. The molecule has 0 atom stereocenters. The zero-order valence-electron chi connectivity index (χ0n) is 11.0. The number of benzene rings is 1. The lowest BCUT2D eigenvalue weighted by molar-refractivity contribution is 0.341. The molecule has 0 aliphatic heterocycles. The van der Waals surface area contributed by atoms with Crippen LogP contribution in [0.2, 0.25) is 0 Å². The van der Waals surface area contributed by atoms with Crippen molar-refractivity contribution in [3.8, 4) is 5.75 Å². The standard InChI is InChI=1S/C14H18N2OS/c1-4-17-14-7-10(2)5-6-13(14)16-9-12-8-15-11(3)18-12/h5-8,16H,4,9H2,1-3H3. The quantitative estimate of drug-likeness (QED) is 0.890. The summed E-state index contributed by atoms with van der Waals surface area (Å²) in [6.07, 6.45) is 1.92. The highest BCUT2D eigenvalue weighted by atomic mass is 32.1. The van der Waals surface area contributed by atoms with Gasteiger partial charge in [0, 0.05) is 11.1 Å². The molecule has 0 saturated heterocycles. The van der Waals surface area contributed by atoms with Crippen LogP contribution in [0, 0.1) is 13.8 Å². The summed E-state index contributed by atoms with van der Waals surface area (Å²) in [6.45, 7) is 7.55. The first-order valence-corrected chi connectivity index (χ1v) is 6.89. The van der Waals surface area contributed by atoms with E-state index in [0.717, 1.165) is 23.0 Å². The van der Waals surface area contributed by atoms with E-state index in [1.807, 2.05) is 20.0 Å². The highest BCUT2D eigenvalue weighted by Crippen LogP contribution is 2.26. The zero-order valence-corrected chi connectivity index (χ0v) is 11.8. The Hall–Kier alpha value is -1.55. The number of aryl methyl sites for hydroxylation is 2. The number of thiazole rings is 1. The molecule has 1 aromatic carbocycles. The normalized spacial score (nSPS) is 10.4. The van der Waals surface area contributed by atoms with E-state index in [2.05, 4.69) is 35.4 Å². The van der Waals surface area contributed by atoms with Crippen LogP contribution in [-0.4, -0.2) is 11.6 Å². The van der Waals surface area contributed by atoms with Crippen LogP contribution < -0.4 is 10.1 Å². The molecule has 0 bridgehead atoms. The summed E-state index contributed by atoms with van der Waals surface area (Å²) < 4.78 is 5.64. The van der Waals surface area contributed by atoms with Gasteiger partial charge in [-0.3, -0.25) is 0 Å². The Bertz CT molecular complexity index is 522. The maximum Gasteiger partial charge on any atom is 0.142 e. The Morgan fingerprint density at radius 3 is 2.83 bits per heavy atom. The average Bonchev–Trinajstić information content (AvgIpc) is 2.75. The number of nitrogens with one attached hydrogen (secondary N) is 1. The monoisotopic (exact) mass is 262 g/mol. The summed E-state index contributed by atoms with van der Waals surface area (Å²) >= 11 is 1.71. The maximum absolute atomic E-state index is 5.64. The molecule has 0 fully saturated rings. The van der Waals surface area contributed by atoms with Crippen molar-refractivity contribution in [3.63, 3.8) is 0 Å². The van der Waals surface area contributed by atoms with Gasteiger partial charge in [0.2, 0.25) is 0 Å². The lowest BCUT2D eigenvalue weighted by Crippen LogP contribution is -2.02. The smallest absolute Gasteiger partial charge is 0.142 e. The molecule has 3 nitrogen and oxygen atoms in total. The first-order chi connectivity index (χ1) is 8.69. The van der Waals surface area contributed by atoms with E-state index in [-0.39, 0.29) is 0 Å². The highest BCUT2D eigenvalue weighted by molar-refractivity contribution is 7.11. The SMILES string of the molecule is CCOc1cc(C)ccc1NCc1cnc(C)s1. The summed E-state index contributed by atoms with van der Waals surface area (Å²) in [6, 6.07) is 6.21. The third kappa shape index (κ3) is 3.23. The summed E-state index contributed by atoms with van der Waals surface area (Å²) in [5.74, 6) is 0.915. The number of hydrogen-bond acceptors (Lipinski definition) is 4. The predicted molar refractivity (Wildman–Crippen MR) is 76.5 cm³/mol. The van der Waals surface area contributed by atoms with Gasteiger partial charge in [0.1, 0.15) is 5.75 Å². The minimum absolute atomic E-state index is 0.678. The van der Waals surface area contributed by atoms with Crippen molar-refractivity contribution in [3.05, 3.63) is 39.8 Å². The minimum Gasteiger partial charge on any atom is -0.492 e. The Balaban J connectivity index is 2.08. The van der Waals surface area contributed by atoms with Gasteiger partial charge in [0.25, 0.3) is 0 Å². The third-order valence-electron chi connectivity index (χ3n) is 2.56. The second-order valence-electron chi connectivity index (χ2n) is 4.13. The minimum atomic E-state index is 0.678. The molecule has 2 rings (SSSR count). The molecule has 0 unspecified atom stereocenters. The second kappa shape index (κ2) is 5.87. The zero-order chi connectivity index (χ0) is 13.0. The van der Waals surface area contributed by atoms with Gasteiger partial charge in [-0.05, 0) is 38.5 Å². The summed E-state index contributed by atoms with van der Waals surface area (Å²) in [5, 5.41) is 4.50. The number of anilines is 1. The maximum atomic E-state index is 5.64. The number of hydrogen-bond donors (Lipinski definition) is 1. The molecule has 1 heterocycles. The molecule has 0 aliphatic carbocycles. The molecule has 96 valence electrons. The van der Waals surface area contributed by atoms with E-state index in [1.54, 1.807) is 11.3 Å². The molecule has 0 amide bonds. The first kappa shape index (κ1) is 12.9. The first-order valence-electron chi connectivity index (χ1n) is 6.07. The number of ether oxygens (including phenoxy) is 1. The number of rotatable bonds is 5. The van der Waals surface area contributed by atoms with Crippen molar-refractivity contribution < 1.29 is 4.74 Å². The number of nitrogens with zero attached hydrogens (tertiary/aromatic N) is 1. The van der Waals surface area contributed by atoms with Crippen molar-refractivity contribution in [1.29, 1.82) is 0 Å².